The highest BCUT2D eigenvalue weighted by Gasteiger charge is 2.33. The number of rotatable bonds is 3. The second-order valence-corrected chi connectivity index (χ2v) is 5.54. The van der Waals surface area contributed by atoms with E-state index in [1.165, 1.54) is 0 Å². The van der Waals surface area contributed by atoms with Crippen LogP contribution in [0.5, 0.6) is 0 Å². The molecule has 0 amide bonds. The van der Waals surface area contributed by atoms with Gasteiger partial charge < -0.3 is 5.11 Å². The molecule has 1 heterocycles. The van der Waals surface area contributed by atoms with Crippen LogP contribution in [0.25, 0.3) is 0 Å². The lowest BCUT2D eigenvalue weighted by Crippen LogP contribution is -2.20. The van der Waals surface area contributed by atoms with Crippen LogP contribution < -0.4 is 0 Å². The van der Waals surface area contributed by atoms with Crippen molar-refractivity contribution in [2.24, 2.45) is 5.92 Å². The van der Waals surface area contributed by atoms with Crippen LogP contribution in [0, 0.1) is 5.92 Å². The van der Waals surface area contributed by atoms with E-state index >= 15 is 0 Å². The lowest BCUT2D eigenvalue weighted by atomic mass is 10.1. The van der Waals surface area contributed by atoms with E-state index in [1.54, 1.807) is 24.0 Å². The molecule has 0 aromatic carbocycles. The van der Waals surface area contributed by atoms with Crippen molar-refractivity contribution in [3.63, 3.8) is 0 Å². The Morgan fingerprint density at radius 2 is 2.31 bits per heavy atom. The molecule has 1 aromatic rings. The number of hydrogen-bond acceptors (Lipinski definition) is 3. The Balaban J connectivity index is 2.03. The van der Waals surface area contributed by atoms with Crippen LogP contribution in [0.15, 0.2) is 23.4 Å². The fourth-order valence-electron chi connectivity index (χ4n) is 1.94. The molecular weight excluding hydrogens is 246 g/mol. The number of carboxylic acid groups (broad SMARTS) is 1. The van der Waals surface area contributed by atoms with Gasteiger partial charge in [-0.15, -0.1) is 11.8 Å². The molecule has 1 saturated carbocycles. The van der Waals surface area contributed by atoms with E-state index < -0.39 is 5.97 Å². The monoisotopic (exact) mass is 257 g/mol. The standard InChI is InChI=1S/C11H12ClNO2S/c12-7-4-5-10(13-6-7)16-9-3-1-2-8(9)11(14)15/h4-6,8-9H,1-3H2,(H,14,15). The minimum atomic E-state index is -0.691. The quantitative estimate of drug-likeness (QED) is 0.904. The van der Waals surface area contributed by atoms with Gasteiger partial charge >= 0.3 is 5.97 Å². The zero-order valence-electron chi connectivity index (χ0n) is 8.60. The molecule has 0 spiro atoms. The van der Waals surface area contributed by atoms with Gasteiger partial charge in [0.25, 0.3) is 0 Å². The van der Waals surface area contributed by atoms with Crippen LogP contribution in [0.4, 0.5) is 0 Å². The second-order valence-electron chi connectivity index (χ2n) is 3.85. The number of nitrogens with zero attached hydrogens (tertiary/aromatic N) is 1. The van der Waals surface area contributed by atoms with E-state index in [-0.39, 0.29) is 11.2 Å². The Hall–Kier alpha value is -0.740. The summed E-state index contributed by atoms with van der Waals surface area (Å²) in [6, 6.07) is 3.62. The van der Waals surface area contributed by atoms with Crippen molar-refractivity contribution in [3.05, 3.63) is 23.4 Å². The second kappa shape index (κ2) is 5.06. The van der Waals surface area contributed by atoms with Gasteiger partial charge in [-0.1, -0.05) is 18.0 Å². The van der Waals surface area contributed by atoms with E-state index in [1.807, 2.05) is 6.07 Å². The molecule has 0 saturated heterocycles. The average Bonchev–Trinajstić information content (AvgIpc) is 2.69. The summed E-state index contributed by atoms with van der Waals surface area (Å²) >= 11 is 7.29. The molecule has 3 nitrogen and oxygen atoms in total. The van der Waals surface area contributed by atoms with Crippen molar-refractivity contribution in [3.8, 4) is 0 Å². The van der Waals surface area contributed by atoms with Gasteiger partial charge in [-0.05, 0) is 25.0 Å². The molecule has 0 bridgehead atoms. The number of thioether (sulfide) groups is 1. The zero-order valence-corrected chi connectivity index (χ0v) is 10.2. The van der Waals surface area contributed by atoms with Crippen LogP contribution in [-0.4, -0.2) is 21.3 Å². The first-order valence-corrected chi connectivity index (χ1v) is 6.43. The molecule has 0 aliphatic heterocycles. The molecule has 86 valence electrons. The highest BCUT2D eigenvalue weighted by atomic mass is 35.5. The molecule has 1 fully saturated rings. The summed E-state index contributed by atoms with van der Waals surface area (Å²) in [6.07, 6.45) is 4.31. The number of halogens is 1. The predicted octanol–water partition coefficient (Wildman–Crippen LogP) is 3.08. The van der Waals surface area contributed by atoms with Crippen molar-refractivity contribution in [2.75, 3.05) is 0 Å². The summed E-state index contributed by atoms with van der Waals surface area (Å²) in [7, 11) is 0. The summed E-state index contributed by atoms with van der Waals surface area (Å²) < 4.78 is 0. The predicted molar refractivity (Wildman–Crippen MR) is 63.9 cm³/mol. The third kappa shape index (κ3) is 2.68. The molecule has 0 radical (unpaired) electrons. The molecule has 1 aliphatic carbocycles. The molecule has 1 aliphatic rings. The first-order chi connectivity index (χ1) is 7.66. The SMILES string of the molecule is O=C(O)C1CCCC1Sc1ccc(Cl)cn1. The molecule has 16 heavy (non-hydrogen) atoms. The number of pyridine rings is 1. The number of hydrogen-bond donors (Lipinski definition) is 1. The van der Waals surface area contributed by atoms with Crippen molar-refractivity contribution in [1.29, 1.82) is 0 Å². The van der Waals surface area contributed by atoms with Crippen LogP contribution in [0.1, 0.15) is 19.3 Å². The largest absolute Gasteiger partial charge is 0.481 e. The van der Waals surface area contributed by atoms with E-state index in [0.29, 0.717) is 5.02 Å². The molecule has 1 aromatic heterocycles. The third-order valence-corrected chi connectivity index (χ3v) is 4.32. The van der Waals surface area contributed by atoms with Gasteiger partial charge in [0, 0.05) is 11.4 Å². The third-order valence-electron chi connectivity index (χ3n) is 2.74. The van der Waals surface area contributed by atoms with Gasteiger partial charge in [0.2, 0.25) is 0 Å². The van der Waals surface area contributed by atoms with Crippen LogP contribution in [0.2, 0.25) is 5.02 Å². The van der Waals surface area contributed by atoms with E-state index in [2.05, 4.69) is 4.98 Å². The number of aliphatic carboxylic acids is 1. The fraction of sp³-hybridized carbons (Fsp3) is 0.455. The van der Waals surface area contributed by atoms with E-state index in [9.17, 15) is 4.79 Å². The van der Waals surface area contributed by atoms with Crippen molar-refractivity contribution in [1.82, 2.24) is 4.98 Å². The Bertz CT molecular complexity index is 382. The minimum Gasteiger partial charge on any atom is -0.481 e. The van der Waals surface area contributed by atoms with Gasteiger partial charge in [-0.25, -0.2) is 4.98 Å². The van der Waals surface area contributed by atoms with E-state index in [4.69, 9.17) is 16.7 Å². The summed E-state index contributed by atoms with van der Waals surface area (Å²) in [4.78, 5) is 15.2. The summed E-state index contributed by atoms with van der Waals surface area (Å²) in [5, 5.41) is 10.6. The molecule has 2 unspecified atom stereocenters. The maximum absolute atomic E-state index is 11.0. The molecule has 2 rings (SSSR count). The van der Waals surface area contributed by atoms with Gasteiger partial charge in [0.05, 0.1) is 16.0 Å². The van der Waals surface area contributed by atoms with Gasteiger partial charge in [-0.2, -0.15) is 0 Å². The maximum atomic E-state index is 11.0. The maximum Gasteiger partial charge on any atom is 0.307 e. The van der Waals surface area contributed by atoms with Crippen molar-refractivity contribution < 1.29 is 9.90 Å². The van der Waals surface area contributed by atoms with Crippen LogP contribution in [-0.2, 0) is 4.79 Å². The Morgan fingerprint density at radius 3 is 2.94 bits per heavy atom. The smallest absolute Gasteiger partial charge is 0.307 e. The van der Waals surface area contributed by atoms with Gasteiger partial charge in [0.1, 0.15) is 0 Å². The lowest BCUT2D eigenvalue weighted by molar-refractivity contribution is -0.141. The Morgan fingerprint density at radius 1 is 1.50 bits per heavy atom. The Kier molecular flexibility index (Phi) is 3.71. The number of carbonyl (C=O) groups is 1. The molecule has 5 heteroatoms. The molecule has 2 atom stereocenters. The van der Waals surface area contributed by atoms with Crippen LogP contribution >= 0.6 is 23.4 Å². The normalized spacial score (nSPS) is 24.6. The number of carboxylic acids is 1. The molecule has 1 N–H and O–H groups in total. The van der Waals surface area contributed by atoms with Gasteiger partial charge in [-0.3, -0.25) is 4.79 Å². The zero-order chi connectivity index (χ0) is 11.5. The van der Waals surface area contributed by atoms with Gasteiger partial charge in [0.15, 0.2) is 0 Å². The summed E-state index contributed by atoms with van der Waals surface area (Å²) in [5.74, 6) is -0.925. The average molecular weight is 258 g/mol. The topological polar surface area (TPSA) is 50.2 Å². The lowest BCUT2D eigenvalue weighted by Gasteiger charge is -2.14. The first kappa shape index (κ1) is 11.7. The minimum absolute atomic E-state index is 0.145. The van der Waals surface area contributed by atoms with Crippen molar-refractivity contribution in [2.45, 2.75) is 29.5 Å². The fourth-order valence-corrected chi connectivity index (χ4v) is 3.32. The highest BCUT2D eigenvalue weighted by Crippen LogP contribution is 2.38. The first-order valence-electron chi connectivity index (χ1n) is 5.18. The number of aromatic nitrogens is 1. The highest BCUT2D eigenvalue weighted by molar-refractivity contribution is 7.99. The Labute approximate surface area is 103 Å². The van der Waals surface area contributed by atoms with E-state index in [0.717, 1.165) is 24.3 Å². The summed E-state index contributed by atoms with van der Waals surface area (Å²) in [5.41, 5.74) is 0. The van der Waals surface area contributed by atoms with Crippen LogP contribution in [0.3, 0.4) is 0 Å². The summed E-state index contributed by atoms with van der Waals surface area (Å²) in [6.45, 7) is 0. The van der Waals surface area contributed by atoms with Crippen molar-refractivity contribution >= 4 is 29.3 Å². The molecular formula is C11H12ClNO2S.